The van der Waals surface area contributed by atoms with Crippen LogP contribution in [0.2, 0.25) is 0 Å². The Bertz CT molecular complexity index is 240. The summed E-state index contributed by atoms with van der Waals surface area (Å²) in [5, 5.41) is 10.1. The summed E-state index contributed by atoms with van der Waals surface area (Å²) in [6, 6.07) is 0. The molecule has 3 atom stereocenters. The zero-order chi connectivity index (χ0) is 14.3. The summed E-state index contributed by atoms with van der Waals surface area (Å²) in [6.45, 7) is 11.0. The van der Waals surface area contributed by atoms with Crippen molar-refractivity contribution in [1.82, 2.24) is 0 Å². The third kappa shape index (κ3) is 5.41. The molecule has 1 aliphatic rings. The number of ether oxygens (including phenoxy) is 2. The van der Waals surface area contributed by atoms with Gasteiger partial charge in [0.15, 0.2) is 0 Å². The van der Waals surface area contributed by atoms with Gasteiger partial charge in [-0.15, -0.1) is 0 Å². The molecule has 0 aromatic rings. The van der Waals surface area contributed by atoms with Crippen molar-refractivity contribution < 1.29 is 14.6 Å². The zero-order valence-electron chi connectivity index (χ0n) is 13.2. The van der Waals surface area contributed by atoms with Crippen molar-refractivity contribution in [2.24, 2.45) is 11.3 Å². The van der Waals surface area contributed by atoms with Gasteiger partial charge >= 0.3 is 0 Å². The summed E-state index contributed by atoms with van der Waals surface area (Å²) in [5.74, 6) is 0.655. The predicted octanol–water partition coefficient (Wildman–Crippen LogP) is 3.40. The van der Waals surface area contributed by atoms with E-state index in [4.69, 9.17) is 9.47 Å². The summed E-state index contributed by atoms with van der Waals surface area (Å²) < 4.78 is 11.3. The van der Waals surface area contributed by atoms with E-state index in [9.17, 15) is 5.11 Å². The number of aliphatic hydroxyl groups is 1. The molecule has 0 heterocycles. The molecule has 0 aromatic carbocycles. The molecule has 1 fully saturated rings. The first-order valence-corrected chi connectivity index (χ1v) is 7.88. The molecule has 114 valence electrons. The van der Waals surface area contributed by atoms with Crippen LogP contribution in [-0.2, 0) is 9.47 Å². The minimum absolute atomic E-state index is 0.00481. The molecule has 0 aromatic heterocycles. The molecule has 1 N–H and O–H groups in total. The Morgan fingerprint density at radius 1 is 1.11 bits per heavy atom. The van der Waals surface area contributed by atoms with Crippen LogP contribution < -0.4 is 0 Å². The predicted molar refractivity (Wildman–Crippen MR) is 78.3 cm³/mol. The number of rotatable bonds is 8. The fourth-order valence-electron chi connectivity index (χ4n) is 2.80. The molecule has 0 aliphatic heterocycles. The maximum Gasteiger partial charge on any atom is 0.0837 e. The maximum atomic E-state index is 10.1. The van der Waals surface area contributed by atoms with Crippen LogP contribution >= 0.6 is 0 Å². The standard InChI is InChI=1S/C16H32O3/c1-5-9-18-10-11-19-15-12-13(7-8-14(15)17)16(3,4)6-2/h13-15,17H,5-12H2,1-4H3. The Hall–Kier alpha value is -0.120. The van der Waals surface area contributed by atoms with Crippen LogP contribution in [0.4, 0.5) is 0 Å². The molecule has 0 spiro atoms. The van der Waals surface area contributed by atoms with E-state index < -0.39 is 0 Å². The minimum Gasteiger partial charge on any atom is -0.390 e. The Morgan fingerprint density at radius 2 is 1.84 bits per heavy atom. The number of aliphatic hydroxyl groups excluding tert-OH is 1. The number of hydrogen-bond donors (Lipinski definition) is 1. The van der Waals surface area contributed by atoms with E-state index in [2.05, 4.69) is 27.7 Å². The molecule has 1 saturated carbocycles. The normalized spacial score (nSPS) is 28.6. The van der Waals surface area contributed by atoms with Crippen molar-refractivity contribution in [3.05, 3.63) is 0 Å². The van der Waals surface area contributed by atoms with E-state index in [0.717, 1.165) is 32.3 Å². The summed E-state index contributed by atoms with van der Waals surface area (Å²) in [4.78, 5) is 0. The first-order chi connectivity index (χ1) is 9.01. The highest BCUT2D eigenvalue weighted by atomic mass is 16.5. The van der Waals surface area contributed by atoms with E-state index in [-0.39, 0.29) is 12.2 Å². The van der Waals surface area contributed by atoms with Gasteiger partial charge in [-0.05, 0) is 37.0 Å². The van der Waals surface area contributed by atoms with Gasteiger partial charge in [0.25, 0.3) is 0 Å². The summed E-state index contributed by atoms with van der Waals surface area (Å²) >= 11 is 0. The smallest absolute Gasteiger partial charge is 0.0837 e. The lowest BCUT2D eigenvalue weighted by Crippen LogP contribution is -2.40. The van der Waals surface area contributed by atoms with Crippen molar-refractivity contribution in [2.75, 3.05) is 19.8 Å². The molecule has 1 aliphatic carbocycles. The average Bonchev–Trinajstić information content (AvgIpc) is 2.40. The van der Waals surface area contributed by atoms with E-state index in [1.165, 1.54) is 6.42 Å². The van der Waals surface area contributed by atoms with Gasteiger partial charge in [0.2, 0.25) is 0 Å². The lowest BCUT2D eigenvalue weighted by Gasteiger charge is -2.41. The van der Waals surface area contributed by atoms with Crippen LogP contribution in [0.1, 0.15) is 59.8 Å². The minimum atomic E-state index is -0.296. The number of hydrogen-bond acceptors (Lipinski definition) is 3. The van der Waals surface area contributed by atoms with Crippen LogP contribution in [0.5, 0.6) is 0 Å². The Kier molecular flexibility index (Phi) is 7.33. The van der Waals surface area contributed by atoms with Gasteiger partial charge in [-0.1, -0.05) is 34.1 Å². The quantitative estimate of drug-likeness (QED) is 0.688. The molecule has 3 heteroatoms. The monoisotopic (exact) mass is 272 g/mol. The van der Waals surface area contributed by atoms with Crippen LogP contribution in [0, 0.1) is 11.3 Å². The van der Waals surface area contributed by atoms with Crippen molar-refractivity contribution >= 4 is 0 Å². The third-order valence-electron chi connectivity index (χ3n) is 4.68. The molecule has 1 rings (SSSR count). The molecule has 0 radical (unpaired) electrons. The largest absolute Gasteiger partial charge is 0.390 e. The highest BCUT2D eigenvalue weighted by Crippen LogP contribution is 2.41. The summed E-state index contributed by atoms with van der Waals surface area (Å²) in [6.07, 6.45) is 4.89. The van der Waals surface area contributed by atoms with Crippen molar-refractivity contribution in [1.29, 1.82) is 0 Å². The van der Waals surface area contributed by atoms with Gasteiger partial charge in [-0.2, -0.15) is 0 Å². The molecule has 19 heavy (non-hydrogen) atoms. The first-order valence-electron chi connectivity index (χ1n) is 7.88. The van der Waals surface area contributed by atoms with Gasteiger partial charge in [0.05, 0.1) is 25.4 Å². The lowest BCUT2D eigenvalue weighted by molar-refractivity contribution is -0.0963. The first kappa shape index (κ1) is 16.9. The van der Waals surface area contributed by atoms with Gasteiger partial charge in [-0.25, -0.2) is 0 Å². The molecule has 3 nitrogen and oxygen atoms in total. The van der Waals surface area contributed by atoms with Crippen LogP contribution in [0.3, 0.4) is 0 Å². The highest BCUT2D eigenvalue weighted by molar-refractivity contribution is 4.87. The fraction of sp³-hybridized carbons (Fsp3) is 1.00. The van der Waals surface area contributed by atoms with E-state index in [1.54, 1.807) is 0 Å². The second kappa shape index (κ2) is 8.23. The van der Waals surface area contributed by atoms with E-state index in [1.807, 2.05) is 0 Å². The van der Waals surface area contributed by atoms with Gasteiger partial charge in [0.1, 0.15) is 0 Å². The summed E-state index contributed by atoms with van der Waals surface area (Å²) in [7, 11) is 0. The van der Waals surface area contributed by atoms with Crippen LogP contribution in [-0.4, -0.2) is 37.1 Å². The Balaban J connectivity index is 2.35. The molecular weight excluding hydrogens is 240 g/mol. The third-order valence-corrected chi connectivity index (χ3v) is 4.68. The SMILES string of the molecule is CCCOCCOC1CC(C(C)(C)CC)CCC1O. The van der Waals surface area contributed by atoms with Crippen LogP contribution in [0.15, 0.2) is 0 Å². The molecule has 3 unspecified atom stereocenters. The van der Waals surface area contributed by atoms with Crippen molar-refractivity contribution in [3.8, 4) is 0 Å². The van der Waals surface area contributed by atoms with Crippen LogP contribution in [0.25, 0.3) is 0 Å². The second-order valence-electron chi connectivity index (χ2n) is 6.44. The highest BCUT2D eigenvalue weighted by Gasteiger charge is 2.36. The fourth-order valence-corrected chi connectivity index (χ4v) is 2.80. The van der Waals surface area contributed by atoms with E-state index >= 15 is 0 Å². The van der Waals surface area contributed by atoms with Crippen molar-refractivity contribution in [2.45, 2.75) is 72.0 Å². The Labute approximate surface area is 118 Å². The Morgan fingerprint density at radius 3 is 2.47 bits per heavy atom. The van der Waals surface area contributed by atoms with Gasteiger partial charge < -0.3 is 14.6 Å². The average molecular weight is 272 g/mol. The maximum absolute atomic E-state index is 10.1. The lowest BCUT2D eigenvalue weighted by atomic mass is 9.68. The van der Waals surface area contributed by atoms with E-state index in [0.29, 0.717) is 24.5 Å². The second-order valence-corrected chi connectivity index (χ2v) is 6.44. The molecule has 0 amide bonds. The molecule has 0 bridgehead atoms. The van der Waals surface area contributed by atoms with Gasteiger partial charge in [0, 0.05) is 6.61 Å². The topological polar surface area (TPSA) is 38.7 Å². The van der Waals surface area contributed by atoms with Crippen molar-refractivity contribution in [3.63, 3.8) is 0 Å². The molecular formula is C16H32O3. The summed E-state index contributed by atoms with van der Waals surface area (Å²) in [5.41, 5.74) is 0.348. The van der Waals surface area contributed by atoms with Gasteiger partial charge in [-0.3, -0.25) is 0 Å². The molecule has 0 saturated heterocycles. The zero-order valence-corrected chi connectivity index (χ0v) is 13.2.